The molecule has 1 aliphatic carbocycles. The van der Waals surface area contributed by atoms with Gasteiger partial charge in [-0.3, -0.25) is 15.0 Å². The Morgan fingerprint density at radius 1 is 0.919 bits per heavy atom. The average Bonchev–Trinajstić information content (AvgIpc) is 3.66. The van der Waals surface area contributed by atoms with E-state index >= 15 is 0 Å². The molecule has 3 aromatic carbocycles. The number of hydrogen-bond acceptors (Lipinski definition) is 5. The summed E-state index contributed by atoms with van der Waals surface area (Å²) in [4.78, 5) is 13.2. The molecule has 0 bridgehead atoms. The van der Waals surface area contributed by atoms with Crippen LogP contribution in [0, 0.1) is 22.0 Å². The zero-order valence-corrected chi connectivity index (χ0v) is 22.9. The fraction of sp³-hybridized carbons (Fsp3) is 0.357. The Balaban J connectivity index is 1.43. The number of para-hydroxylation sites is 1. The predicted octanol–water partition coefficient (Wildman–Crippen LogP) is 5.50. The molecular weight excluding hydrogens is 554 g/mol. The van der Waals surface area contributed by atoms with Crippen LogP contribution in [0.15, 0.2) is 88.2 Å². The standard InChI is InChI=1S/C28H30BrN3O4S/c29-26-11-5-4-10-22(26)16-23-18-30(17-21-8-2-1-3-9-21)19-24(23)20-31(25-14-15-25)37(35,36)28-13-7-6-12-27(28)32(33)34/h1-13,23-25H,14-20H2/t23-,24+/m1/s1. The quantitative estimate of drug-likeness (QED) is 0.232. The molecule has 3 aromatic rings. The first kappa shape index (κ1) is 26.0. The van der Waals surface area contributed by atoms with Crippen LogP contribution in [-0.4, -0.2) is 48.2 Å². The van der Waals surface area contributed by atoms with E-state index in [1.54, 1.807) is 10.4 Å². The van der Waals surface area contributed by atoms with Gasteiger partial charge in [-0.1, -0.05) is 76.6 Å². The maximum Gasteiger partial charge on any atom is 0.289 e. The normalized spacial score (nSPS) is 20.4. The van der Waals surface area contributed by atoms with Gasteiger partial charge < -0.3 is 0 Å². The molecule has 2 atom stereocenters. The third kappa shape index (κ3) is 5.95. The molecule has 1 heterocycles. The maximum absolute atomic E-state index is 13.8. The molecule has 1 saturated carbocycles. The van der Waals surface area contributed by atoms with Gasteiger partial charge in [-0.05, 0) is 54.4 Å². The minimum absolute atomic E-state index is 0.0999. The summed E-state index contributed by atoms with van der Waals surface area (Å²) in [6, 6.07) is 24.1. The molecule has 0 amide bonds. The van der Waals surface area contributed by atoms with Crippen LogP contribution in [0.5, 0.6) is 0 Å². The number of sulfonamides is 1. The molecule has 0 unspecified atom stereocenters. The lowest BCUT2D eigenvalue weighted by molar-refractivity contribution is -0.387. The van der Waals surface area contributed by atoms with Crippen LogP contribution in [0.3, 0.4) is 0 Å². The topological polar surface area (TPSA) is 83.8 Å². The van der Waals surface area contributed by atoms with Crippen LogP contribution >= 0.6 is 15.9 Å². The molecule has 5 rings (SSSR count). The third-order valence-electron chi connectivity index (χ3n) is 7.36. The number of benzene rings is 3. The molecule has 2 aliphatic rings. The fourth-order valence-electron chi connectivity index (χ4n) is 5.38. The van der Waals surface area contributed by atoms with Crippen LogP contribution in [0.2, 0.25) is 0 Å². The summed E-state index contributed by atoms with van der Waals surface area (Å²) in [7, 11) is -4.02. The van der Waals surface area contributed by atoms with E-state index in [0.29, 0.717) is 6.54 Å². The van der Waals surface area contributed by atoms with E-state index < -0.39 is 14.9 Å². The van der Waals surface area contributed by atoms with Crippen molar-refractivity contribution in [3.8, 4) is 0 Å². The Morgan fingerprint density at radius 3 is 2.27 bits per heavy atom. The van der Waals surface area contributed by atoms with E-state index in [0.717, 1.165) is 43.4 Å². The molecule has 37 heavy (non-hydrogen) atoms. The molecule has 9 heteroatoms. The van der Waals surface area contributed by atoms with Gasteiger partial charge in [0.25, 0.3) is 5.69 Å². The Hall–Kier alpha value is -2.59. The zero-order chi connectivity index (χ0) is 26.0. The highest BCUT2D eigenvalue weighted by molar-refractivity contribution is 9.10. The van der Waals surface area contributed by atoms with Crippen molar-refractivity contribution in [1.82, 2.24) is 9.21 Å². The van der Waals surface area contributed by atoms with E-state index in [4.69, 9.17) is 0 Å². The molecule has 194 valence electrons. The second kappa shape index (κ2) is 11.0. The third-order valence-corrected chi connectivity index (χ3v) is 10.1. The minimum atomic E-state index is -4.02. The molecule has 0 radical (unpaired) electrons. The van der Waals surface area contributed by atoms with Gasteiger partial charge in [0.15, 0.2) is 4.90 Å². The summed E-state index contributed by atoms with van der Waals surface area (Å²) >= 11 is 3.68. The lowest BCUT2D eigenvalue weighted by Crippen LogP contribution is -2.39. The SMILES string of the molecule is O=[N+]([O-])c1ccccc1S(=O)(=O)N(C[C@@H]1CN(Cc2ccccc2)C[C@H]1Cc1ccccc1Br)C1CC1. The molecule has 7 nitrogen and oxygen atoms in total. The number of nitro benzene ring substituents is 1. The second-order valence-electron chi connectivity index (χ2n) is 10.0. The number of nitro groups is 1. The van der Waals surface area contributed by atoms with Gasteiger partial charge in [0.1, 0.15) is 0 Å². The number of likely N-dealkylation sites (tertiary alicyclic amines) is 1. The van der Waals surface area contributed by atoms with E-state index in [9.17, 15) is 18.5 Å². The van der Waals surface area contributed by atoms with Crippen molar-refractivity contribution in [1.29, 1.82) is 0 Å². The first-order valence-electron chi connectivity index (χ1n) is 12.6. The Labute approximate surface area is 226 Å². The van der Waals surface area contributed by atoms with Gasteiger partial charge in [-0.15, -0.1) is 0 Å². The van der Waals surface area contributed by atoms with E-state index in [1.807, 2.05) is 36.4 Å². The molecule has 0 spiro atoms. The highest BCUT2D eigenvalue weighted by atomic mass is 79.9. The fourth-order valence-corrected chi connectivity index (χ4v) is 7.73. The van der Waals surface area contributed by atoms with Crippen molar-refractivity contribution in [2.45, 2.75) is 36.7 Å². The smallest absolute Gasteiger partial charge is 0.289 e. The molecular formula is C28H30BrN3O4S. The summed E-state index contributed by atoms with van der Waals surface area (Å²) in [6.45, 7) is 2.81. The van der Waals surface area contributed by atoms with Crippen molar-refractivity contribution < 1.29 is 13.3 Å². The number of nitrogens with zero attached hydrogens (tertiary/aromatic N) is 3. The lowest BCUT2D eigenvalue weighted by Gasteiger charge is -2.28. The van der Waals surface area contributed by atoms with Gasteiger partial charge >= 0.3 is 0 Å². The molecule has 0 aromatic heterocycles. The van der Waals surface area contributed by atoms with Crippen molar-refractivity contribution in [2.75, 3.05) is 19.6 Å². The van der Waals surface area contributed by atoms with Gasteiger partial charge in [0.2, 0.25) is 10.0 Å². The Morgan fingerprint density at radius 2 is 1.57 bits per heavy atom. The molecule has 2 fully saturated rings. The zero-order valence-electron chi connectivity index (χ0n) is 20.4. The van der Waals surface area contributed by atoms with Crippen LogP contribution < -0.4 is 0 Å². The highest BCUT2D eigenvalue weighted by Crippen LogP contribution is 2.38. The minimum Gasteiger partial charge on any atom is -0.298 e. The summed E-state index contributed by atoms with van der Waals surface area (Å²) in [5.74, 6) is 0.360. The first-order valence-corrected chi connectivity index (χ1v) is 14.8. The van der Waals surface area contributed by atoms with Gasteiger partial charge in [-0.25, -0.2) is 8.42 Å². The number of halogens is 1. The van der Waals surface area contributed by atoms with Crippen LogP contribution in [0.25, 0.3) is 0 Å². The monoisotopic (exact) mass is 583 g/mol. The van der Waals surface area contributed by atoms with E-state index in [-0.39, 0.29) is 28.5 Å². The average molecular weight is 585 g/mol. The predicted molar refractivity (Wildman–Crippen MR) is 147 cm³/mol. The largest absolute Gasteiger partial charge is 0.298 e. The summed E-state index contributed by atoms with van der Waals surface area (Å²) in [6.07, 6.45) is 2.41. The summed E-state index contributed by atoms with van der Waals surface area (Å²) < 4.78 is 30.2. The van der Waals surface area contributed by atoms with Crippen molar-refractivity contribution in [3.05, 3.63) is 105 Å². The van der Waals surface area contributed by atoms with Crippen LogP contribution in [-0.2, 0) is 23.0 Å². The summed E-state index contributed by atoms with van der Waals surface area (Å²) in [5, 5.41) is 11.6. The van der Waals surface area contributed by atoms with E-state index in [1.165, 1.54) is 29.3 Å². The molecule has 0 N–H and O–H groups in total. The lowest BCUT2D eigenvalue weighted by atomic mass is 9.89. The van der Waals surface area contributed by atoms with Crippen molar-refractivity contribution >= 4 is 31.6 Å². The molecule has 1 aliphatic heterocycles. The second-order valence-corrected chi connectivity index (χ2v) is 12.7. The molecule has 1 saturated heterocycles. The Bertz CT molecular complexity index is 1360. The van der Waals surface area contributed by atoms with Gasteiger partial charge in [0, 0.05) is 42.8 Å². The van der Waals surface area contributed by atoms with Crippen LogP contribution in [0.4, 0.5) is 5.69 Å². The van der Waals surface area contributed by atoms with Crippen molar-refractivity contribution in [2.24, 2.45) is 11.8 Å². The first-order chi connectivity index (χ1) is 17.8. The maximum atomic E-state index is 13.8. The Kier molecular flexibility index (Phi) is 7.76. The van der Waals surface area contributed by atoms with Gasteiger partial charge in [0.05, 0.1) is 4.92 Å². The van der Waals surface area contributed by atoms with Gasteiger partial charge in [-0.2, -0.15) is 4.31 Å². The highest BCUT2D eigenvalue weighted by Gasteiger charge is 2.44. The van der Waals surface area contributed by atoms with E-state index in [2.05, 4.69) is 39.0 Å². The number of rotatable bonds is 10. The van der Waals surface area contributed by atoms with Crippen LogP contribution in [0.1, 0.15) is 24.0 Å². The number of hydrogen-bond donors (Lipinski definition) is 0. The van der Waals surface area contributed by atoms with Crippen molar-refractivity contribution in [3.63, 3.8) is 0 Å². The summed E-state index contributed by atoms with van der Waals surface area (Å²) in [5.41, 5.74) is 2.07.